The van der Waals surface area contributed by atoms with Gasteiger partial charge in [0.1, 0.15) is 5.76 Å². The Morgan fingerprint density at radius 2 is 2.17 bits per heavy atom. The van der Waals surface area contributed by atoms with E-state index in [1.165, 1.54) is 0 Å². The summed E-state index contributed by atoms with van der Waals surface area (Å²) in [5, 5.41) is 2.94. The first-order valence-electron chi connectivity index (χ1n) is 6.57. The van der Waals surface area contributed by atoms with E-state index >= 15 is 0 Å². The lowest BCUT2D eigenvalue weighted by atomic mass is 10.0. The standard InChI is InChI=1S/C14H24N2O2/c1-10(2)9-13(15)14(17)16-11(3)6-7-12-5-4-8-18-12/h4-5,8,10-11,13H,6-7,9,15H2,1-3H3,(H,16,17). The predicted molar refractivity (Wildman–Crippen MR) is 72.1 cm³/mol. The zero-order chi connectivity index (χ0) is 13.5. The number of nitrogens with one attached hydrogen (secondary N) is 1. The van der Waals surface area contributed by atoms with Crippen LogP contribution in [0, 0.1) is 5.92 Å². The minimum absolute atomic E-state index is 0.0596. The Hall–Kier alpha value is -1.29. The number of rotatable bonds is 7. The highest BCUT2D eigenvalue weighted by molar-refractivity contribution is 5.81. The van der Waals surface area contributed by atoms with E-state index in [0.29, 0.717) is 5.92 Å². The van der Waals surface area contributed by atoms with E-state index in [-0.39, 0.29) is 11.9 Å². The minimum Gasteiger partial charge on any atom is -0.469 e. The van der Waals surface area contributed by atoms with Gasteiger partial charge in [-0.3, -0.25) is 4.79 Å². The molecule has 0 aliphatic carbocycles. The van der Waals surface area contributed by atoms with Crippen molar-refractivity contribution in [1.29, 1.82) is 0 Å². The Morgan fingerprint density at radius 3 is 2.72 bits per heavy atom. The normalized spacial score (nSPS) is 14.5. The van der Waals surface area contributed by atoms with Crippen LogP contribution in [0.15, 0.2) is 22.8 Å². The molecule has 1 rings (SSSR count). The topological polar surface area (TPSA) is 68.3 Å². The number of amides is 1. The van der Waals surface area contributed by atoms with Crippen LogP contribution in [0.2, 0.25) is 0 Å². The summed E-state index contributed by atoms with van der Waals surface area (Å²) in [5.74, 6) is 1.32. The third kappa shape index (κ3) is 5.36. The number of carbonyl (C=O) groups excluding carboxylic acids is 1. The van der Waals surface area contributed by atoms with Gasteiger partial charge in [-0.1, -0.05) is 13.8 Å². The number of furan rings is 1. The van der Waals surface area contributed by atoms with Crippen molar-refractivity contribution in [2.45, 2.75) is 52.1 Å². The molecule has 3 N–H and O–H groups in total. The highest BCUT2D eigenvalue weighted by atomic mass is 16.3. The fourth-order valence-electron chi connectivity index (χ4n) is 1.85. The molecule has 0 radical (unpaired) electrons. The molecule has 0 aliphatic heterocycles. The molecule has 0 saturated heterocycles. The number of hydrogen-bond acceptors (Lipinski definition) is 3. The number of aryl methyl sites for hydroxylation is 1. The van der Waals surface area contributed by atoms with Gasteiger partial charge in [-0.2, -0.15) is 0 Å². The van der Waals surface area contributed by atoms with Crippen LogP contribution in [0.4, 0.5) is 0 Å². The van der Waals surface area contributed by atoms with Crippen LogP contribution < -0.4 is 11.1 Å². The molecule has 0 fully saturated rings. The smallest absolute Gasteiger partial charge is 0.237 e. The van der Waals surface area contributed by atoms with Crippen molar-refractivity contribution in [3.63, 3.8) is 0 Å². The molecule has 4 heteroatoms. The third-order valence-electron chi connectivity index (χ3n) is 2.85. The monoisotopic (exact) mass is 252 g/mol. The average molecular weight is 252 g/mol. The molecule has 1 amide bonds. The summed E-state index contributed by atoms with van der Waals surface area (Å²) in [6, 6.07) is 3.52. The Kier molecular flexibility index (Phi) is 5.92. The zero-order valence-corrected chi connectivity index (χ0v) is 11.5. The maximum atomic E-state index is 11.8. The van der Waals surface area contributed by atoms with Gasteiger partial charge in [0, 0.05) is 12.5 Å². The van der Waals surface area contributed by atoms with Crippen LogP contribution in [0.25, 0.3) is 0 Å². The number of carbonyl (C=O) groups is 1. The van der Waals surface area contributed by atoms with Gasteiger partial charge in [0.15, 0.2) is 0 Å². The van der Waals surface area contributed by atoms with Gasteiger partial charge < -0.3 is 15.5 Å². The summed E-state index contributed by atoms with van der Waals surface area (Å²) in [7, 11) is 0. The van der Waals surface area contributed by atoms with E-state index in [4.69, 9.17) is 10.2 Å². The van der Waals surface area contributed by atoms with Crippen molar-refractivity contribution < 1.29 is 9.21 Å². The number of nitrogens with two attached hydrogens (primary N) is 1. The predicted octanol–water partition coefficient (Wildman–Crippen LogP) is 2.09. The quantitative estimate of drug-likeness (QED) is 0.780. The Morgan fingerprint density at radius 1 is 1.44 bits per heavy atom. The van der Waals surface area contributed by atoms with Gasteiger partial charge in [-0.15, -0.1) is 0 Å². The Labute approximate surface area is 109 Å². The van der Waals surface area contributed by atoms with E-state index in [0.717, 1.165) is 25.0 Å². The first kappa shape index (κ1) is 14.8. The highest BCUT2D eigenvalue weighted by Gasteiger charge is 2.16. The van der Waals surface area contributed by atoms with Crippen molar-refractivity contribution in [3.05, 3.63) is 24.2 Å². The lowest BCUT2D eigenvalue weighted by Crippen LogP contribution is -2.45. The molecule has 0 spiro atoms. The fraction of sp³-hybridized carbons (Fsp3) is 0.643. The van der Waals surface area contributed by atoms with E-state index in [1.54, 1.807) is 6.26 Å². The fourth-order valence-corrected chi connectivity index (χ4v) is 1.85. The van der Waals surface area contributed by atoms with Crippen LogP contribution in [0.5, 0.6) is 0 Å². The lowest BCUT2D eigenvalue weighted by molar-refractivity contribution is -0.123. The molecule has 102 valence electrons. The summed E-state index contributed by atoms with van der Waals surface area (Å²) < 4.78 is 5.25. The van der Waals surface area contributed by atoms with Crippen molar-refractivity contribution in [1.82, 2.24) is 5.32 Å². The third-order valence-corrected chi connectivity index (χ3v) is 2.85. The summed E-state index contributed by atoms with van der Waals surface area (Å²) in [6.45, 7) is 6.11. The largest absolute Gasteiger partial charge is 0.469 e. The van der Waals surface area contributed by atoms with Crippen molar-refractivity contribution in [3.8, 4) is 0 Å². The van der Waals surface area contributed by atoms with Crippen molar-refractivity contribution in [2.24, 2.45) is 11.7 Å². The van der Waals surface area contributed by atoms with Gasteiger partial charge in [-0.05, 0) is 37.8 Å². The summed E-state index contributed by atoms with van der Waals surface area (Å²) in [6.07, 6.45) is 4.06. The second-order valence-electron chi connectivity index (χ2n) is 5.26. The summed E-state index contributed by atoms with van der Waals surface area (Å²) in [4.78, 5) is 11.8. The van der Waals surface area contributed by atoms with Gasteiger partial charge in [0.25, 0.3) is 0 Å². The van der Waals surface area contributed by atoms with Gasteiger partial charge in [0.05, 0.1) is 12.3 Å². The van der Waals surface area contributed by atoms with Crippen molar-refractivity contribution in [2.75, 3.05) is 0 Å². The Bertz CT molecular complexity index is 347. The molecule has 18 heavy (non-hydrogen) atoms. The van der Waals surface area contributed by atoms with Crippen LogP contribution in [-0.4, -0.2) is 18.0 Å². The molecule has 0 saturated carbocycles. The molecule has 1 aromatic rings. The molecule has 4 nitrogen and oxygen atoms in total. The van der Waals surface area contributed by atoms with Gasteiger partial charge in [0.2, 0.25) is 5.91 Å². The first-order valence-corrected chi connectivity index (χ1v) is 6.57. The Balaban J connectivity index is 2.26. The first-order chi connectivity index (χ1) is 8.49. The molecule has 0 bridgehead atoms. The van der Waals surface area contributed by atoms with Crippen LogP contribution in [0.1, 0.15) is 39.4 Å². The zero-order valence-electron chi connectivity index (χ0n) is 11.5. The molecule has 0 aromatic carbocycles. The lowest BCUT2D eigenvalue weighted by Gasteiger charge is -2.18. The van der Waals surface area contributed by atoms with Gasteiger partial charge >= 0.3 is 0 Å². The summed E-state index contributed by atoms with van der Waals surface area (Å²) in [5.41, 5.74) is 5.83. The van der Waals surface area contributed by atoms with E-state index in [2.05, 4.69) is 19.2 Å². The molecular formula is C14H24N2O2. The average Bonchev–Trinajstić information content (AvgIpc) is 2.78. The maximum Gasteiger partial charge on any atom is 0.237 e. The van der Waals surface area contributed by atoms with Gasteiger partial charge in [-0.25, -0.2) is 0 Å². The molecular weight excluding hydrogens is 228 g/mol. The van der Waals surface area contributed by atoms with E-state index in [9.17, 15) is 4.79 Å². The van der Waals surface area contributed by atoms with Crippen LogP contribution in [0.3, 0.4) is 0 Å². The highest BCUT2D eigenvalue weighted by Crippen LogP contribution is 2.07. The van der Waals surface area contributed by atoms with Crippen molar-refractivity contribution >= 4 is 5.91 Å². The number of hydrogen-bond donors (Lipinski definition) is 2. The minimum atomic E-state index is -0.406. The maximum absolute atomic E-state index is 11.8. The summed E-state index contributed by atoms with van der Waals surface area (Å²) >= 11 is 0. The molecule has 1 aromatic heterocycles. The molecule has 1 heterocycles. The van der Waals surface area contributed by atoms with Crippen LogP contribution >= 0.6 is 0 Å². The van der Waals surface area contributed by atoms with E-state index < -0.39 is 6.04 Å². The molecule has 2 unspecified atom stereocenters. The molecule has 2 atom stereocenters. The van der Waals surface area contributed by atoms with Crippen LogP contribution in [-0.2, 0) is 11.2 Å². The second-order valence-corrected chi connectivity index (χ2v) is 5.26. The second kappa shape index (κ2) is 7.21. The SMILES string of the molecule is CC(C)CC(N)C(=O)NC(C)CCc1ccco1. The van der Waals surface area contributed by atoms with E-state index in [1.807, 2.05) is 19.1 Å². The molecule has 0 aliphatic rings.